The van der Waals surface area contributed by atoms with Crippen LogP contribution in [0.2, 0.25) is 0 Å². The van der Waals surface area contributed by atoms with Crippen LogP contribution in [0, 0.1) is 10.8 Å². The van der Waals surface area contributed by atoms with Gasteiger partial charge in [-0.1, -0.05) is 113 Å². The minimum atomic E-state index is -0.116. The van der Waals surface area contributed by atoms with Crippen LogP contribution in [-0.2, 0) is 29.1 Å². The quantitative estimate of drug-likeness (QED) is 0.324. The molecule has 188 valence electrons. The van der Waals surface area contributed by atoms with Crippen LogP contribution in [0.4, 0.5) is 5.69 Å². The number of aryl methyl sites for hydroxylation is 1. The summed E-state index contributed by atoms with van der Waals surface area (Å²) in [7, 11) is 0. The van der Waals surface area contributed by atoms with Gasteiger partial charge in [-0.15, -0.1) is 4.91 Å². The first-order valence-corrected chi connectivity index (χ1v) is 13.9. The van der Waals surface area contributed by atoms with E-state index >= 15 is 0 Å². The van der Waals surface area contributed by atoms with E-state index in [9.17, 15) is 4.91 Å². The molecule has 0 aromatic heterocycles. The Hall–Kier alpha value is -2.74. The van der Waals surface area contributed by atoms with Crippen LogP contribution in [0.1, 0.15) is 94.0 Å². The first-order valence-electron chi connectivity index (χ1n) is 13.9. The van der Waals surface area contributed by atoms with Crippen molar-refractivity contribution >= 4 is 5.69 Å². The fraction of sp³-hybridized carbons (Fsp3) is 0.471. The second kappa shape index (κ2) is 9.61. The largest absolute Gasteiger partial charge is 0.145 e. The van der Waals surface area contributed by atoms with E-state index in [1.165, 1.54) is 47.9 Å². The highest BCUT2D eigenvalue weighted by Gasteiger charge is 2.52. The van der Waals surface area contributed by atoms with Gasteiger partial charge in [-0.3, -0.25) is 0 Å². The molecule has 2 aliphatic carbocycles. The summed E-state index contributed by atoms with van der Waals surface area (Å²) in [6.07, 6.45) is 9.07. The Morgan fingerprint density at radius 1 is 0.944 bits per heavy atom. The zero-order chi connectivity index (χ0) is 25.4. The summed E-state index contributed by atoms with van der Waals surface area (Å²) in [5.41, 5.74) is 7.23. The normalized spacial score (nSPS) is 25.9. The van der Waals surface area contributed by atoms with Gasteiger partial charge in [-0.2, -0.15) is 0 Å². The fourth-order valence-corrected chi connectivity index (χ4v) is 7.58. The number of hydrogen-bond acceptors (Lipinski definition) is 2. The van der Waals surface area contributed by atoms with Crippen molar-refractivity contribution in [2.75, 3.05) is 0 Å². The molecule has 0 heterocycles. The molecule has 2 heteroatoms. The van der Waals surface area contributed by atoms with Crippen molar-refractivity contribution in [2.24, 2.45) is 11.1 Å². The van der Waals surface area contributed by atoms with Gasteiger partial charge in [0.05, 0.1) is 0 Å². The van der Waals surface area contributed by atoms with Gasteiger partial charge in [0.15, 0.2) is 0 Å². The number of fused-ring (bicyclic) bond motifs is 2. The molecule has 2 bridgehead atoms. The highest BCUT2D eigenvalue weighted by atomic mass is 16.3. The molecule has 2 fully saturated rings. The Balaban J connectivity index is 1.76. The zero-order valence-electron chi connectivity index (χ0n) is 22.5. The van der Waals surface area contributed by atoms with Crippen LogP contribution in [0.3, 0.4) is 0 Å². The smallest absolute Gasteiger partial charge is 0.114 e. The van der Waals surface area contributed by atoms with E-state index < -0.39 is 0 Å². The molecule has 36 heavy (non-hydrogen) atoms. The third-order valence-corrected chi connectivity index (χ3v) is 9.17. The first-order chi connectivity index (χ1) is 17.3. The summed E-state index contributed by atoms with van der Waals surface area (Å²) >= 11 is 0. The van der Waals surface area contributed by atoms with E-state index in [4.69, 9.17) is 0 Å². The van der Waals surface area contributed by atoms with Crippen molar-refractivity contribution in [1.82, 2.24) is 0 Å². The highest BCUT2D eigenvalue weighted by Crippen LogP contribution is 2.60. The van der Waals surface area contributed by atoms with Gasteiger partial charge >= 0.3 is 0 Å². The zero-order valence-corrected chi connectivity index (χ0v) is 22.5. The molecule has 1 unspecified atom stereocenters. The molecule has 0 spiro atoms. The van der Waals surface area contributed by atoms with E-state index in [0.717, 1.165) is 31.2 Å². The van der Waals surface area contributed by atoms with E-state index in [0.29, 0.717) is 11.6 Å². The standard InChI is InChI=1S/C34H41NO/c1-5-27-19-29(32(2,3)4)20-30(31(27)35-36)34(21-25-13-8-6-9-14-25)23-26-15-12-18-33(22-26,24-34)28-16-10-7-11-17-28/h6-11,13-14,16-17,19-20,26H,5,12,15,18,21-24H2,1-4H3/t26-,33?,34-/m0/s1. The Labute approximate surface area is 217 Å². The van der Waals surface area contributed by atoms with Crippen molar-refractivity contribution in [1.29, 1.82) is 0 Å². The van der Waals surface area contributed by atoms with Crippen molar-refractivity contribution in [3.05, 3.63) is 106 Å². The number of hydrogen-bond donors (Lipinski definition) is 0. The lowest BCUT2D eigenvalue weighted by Gasteiger charge is -2.55. The summed E-state index contributed by atoms with van der Waals surface area (Å²) in [6.45, 7) is 9.00. The number of rotatable bonds is 6. The lowest BCUT2D eigenvalue weighted by Crippen LogP contribution is -2.49. The summed E-state index contributed by atoms with van der Waals surface area (Å²) in [5.74, 6) is 0.666. The van der Waals surface area contributed by atoms with Gasteiger partial charge in [0.1, 0.15) is 5.69 Å². The third-order valence-electron chi connectivity index (χ3n) is 9.17. The van der Waals surface area contributed by atoms with Crippen LogP contribution in [0.15, 0.2) is 78.0 Å². The minimum absolute atomic E-state index is 0.00960. The minimum Gasteiger partial charge on any atom is -0.145 e. The Kier molecular flexibility index (Phi) is 6.66. The molecule has 0 saturated heterocycles. The van der Waals surface area contributed by atoms with Gasteiger partial charge in [-0.05, 0) is 88.3 Å². The topological polar surface area (TPSA) is 29.4 Å². The van der Waals surface area contributed by atoms with Crippen LogP contribution in [0.25, 0.3) is 0 Å². The lowest BCUT2D eigenvalue weighted by atomic mass is 9.49. The van der Waals surface area contributed by atoms with Crippen LogP contribution in [0.5, 0.6) is 0 Å². The first kappa shape index (κ1) is 24.9. The summed E-state index contributed by atoms with van der Waals surface area (Å²) < 4.78 is 0. The van der Waals surface area contributed by atoms with Crippen LogP contribution >= 0.6 is 0 Å². The molecule has 0 radical (unpaired) electrons. The average molecular weight is 480 g/mol. The lowest BCUT2D eigenvalue weighted by molar-refractivity contribution is 0.0781. The van der Waals surface area contributed by atoms with Crippen molar-refractivity contribution < 1.29 is 0 Å². The summed E-state index contributed by atoms with van der Waals surface area (Å²) in [6, 6.07) is 26.8. The van der Waals surface area contributed by atoms with Gasteiger partial charge in [0, 0.05) is 5.41 Å². The predicted molar refractivity (Wildman–Crippen MR) is 151 cm³/mol. The molecular weight excluding hydrogens is 438 g/mol. The van der Waals surface area contributed by atoms with Gasteiger partial charge < -0.3 is 0 Å². The van der Waals surface area contributed by atoms with Crippen LogP contribution < -0.4 is 0 Å². The molecule has 2 aliphatic rings. The Morgan fingerprint density at radius 3 is 2.28 bits per heavy atom. The molecule has 3 aromatic rings. The third kappa shape index (κ3) is 4.56. The van der Waals surface area contributed by atoms with E-state index in [-0.39, 0.29) is 16.2 Å². The van der Waals surface area contributed by atoms with Crippen molar-refractivity contribution in [3.63, 3.8) is 0 Å². The average Bonchev–Trinajstić information content (AvgIpc) is 2.88. The highest BCUT2D eigenvalue weighted by molar-refractivity contribution is 5.60. The Bertz CT molecular complexity index is 1210. The molecule has 0 N–H and O–H groups in total. The summed E-state index contributed by atoms with van der Waals surface area (Å²) in [5, 5.41) is 3.77. The van der Waals surface area contributed by atoms with E-state index in [2.05, 4.69) is 106 Å². The number of nitroso groups, excluding NO2 is 1. The maximum absolute atomic E-state index is 12.6. The molecule has 0 amide bonds. The SMILES string of the molecule is CCc1cc(C(C)(C)C)cc([C@@]2(Cc3ccccc3)C[C@H]3CCCC(c4ccccc4)(C3)C2)c1N=O. The molecule has 5 rings (SSSR count). The molecular formula is C34H41NO. The Morgan fingerprint density at radius 2 is 1.64 bits per heavy atom. The van der Waals surface area contributed by atoms with Gasteiger partial charge in [0.2, 0.25) is 0 Å². The second-order valence-electron chi connectivity index (χ2n) is 12.7. The molecule has 3 atom stereocenters. The van der Waals surface area contributed by atoms with E-state index in [1.807, 2.05) is 0 Å². The van der Waals surface area contributed by atoms with Gasteiger partial charge in [0.25, 0.3) is 0 Å². The molecule has 2 saturated carbocycles. The molecule has 0 aliphatic heterocycles. The van der Waals surface area contributed by atoms with Gasteiger partial charge in [-0.25, -0.2) is 0 Å². The number of benzene rings is 3. The van der Waals surface area contributed by atoms with Crippen molar-refractivity contribution in [2.45, 2.75) is 95.3 Å². The maximum atomic E-state index is 12.6. The molecule has 3 aromatic carbocycles. The second-order valence-corrected chi connectivity index (χ2v) is 12.7. The summed E-state index contributed by atoms with van der Waals surface area (Å²) in [4.78, 5) is 12.6. The van der Waals surface area contributed by atoms with E-state index in [1.54, 1.807) is 0 Å². The maximum Gasteiger partial charge on any atom is 0.114 e. The fourth-order valence-electron chi connectivity index (χ4n) is 7.58. The number of nitrogens with zero attached hydrogens (tertiary/aromatic N) is 1. The van der Waals surface area contributed by atoms with Crippen molar-refractivity contribution in [3.8, 4) is 0 Å². The monoisotopic (exact) mass is 479 g/mol. The van der Waals surface area contributed by atoms with Crippen LogP contribution in [-0.4, -0.2) is 0 Å². The predicted octanol–water partition coefficient (Wildman–Crippen LogP) is 9.35. The molecule has 2 nitrogen and oxygen atoms in total.